The van der Waals surface area contributed by atoms with Crippen LogP contribution in [0.1, 0.15) is 26.7 Å². The van der Waals surface area contributed by atoms with Crippen LogP contribution in [0, 0.1) is 5.92 Å². The van der Waals surface area contributed by atoms with Crippen LogP contribution in [-0.2, 0) is 0 Å². The standard InChI is InChI=1S/C12H26N2S/c1-3-13-7-9-14(10-8-13)6-4-12(2)5-11-15/h12,15H,3-11H2,1-2H3. The van der Waals surface area contributed by atoms with E-state index in [1.807, 2.05) is 0 Å². The molecule has 1 unspecified atom stereocenters. The molecule has 1 fully saturated rings. The number of rotatable bonds is 6. The second-order valence-corrected chi connectivity index (χ2v) is 5.13. The molecule has 90 valence electrons. The topological polar surface area (TPSA) is 6.48 Å². The van der Waals surface area contributed by atoms with Gasteiger partial charge in [0, 0.05) is 26.2 Å². The van der Waals surface area contributed by atoms with E-state index in [-0.39, 0.29) is 0 Å². The van der Waals surface area contributed by atoms with Crippen molar-refractivity contribution in [1.29, 1.82) is 0 Å². The summed E-state index contributed by atoms with van der Waals surface area (Å²) < 4.78 is 0. The Morgan fingerprint density at radius 1 is 1.07 bits per heavy atom. The Bertz CT molecular complexity index is 156. The van der Waals surface area contributed by atoms with Gasteiger partial charge in [-0.2, -0.15) is 12.6 Å². The third kappa shape index (κ3) is 5.23. The summed E-state index contributed by atoms with van der Waals surface area (Å²) in [5.74, 6) is 1.87. The zero-order chi connectivity index (χ0) is 11.1. The monoisotopic (exact) mass is 230 g/mol. The third-order valence-electron chi connectivity index (χ3n) is 3.47. The van der Waals surface area contributed by atoms with Crippen molar-refractivity contribution in [3.63, 3.8) is 0 Å². The molecular formula is C12H26N2S. The lowest BCUT2D eigenvalue weighted by atomic mass is 10.0. The van der Waals surface area contributed by atoms with Gasteiger partial charge >= 0.3 is 0 Å². The smallest absolute Gasteiger partial charge is 0.0110 e. The van der Waals surface area contributed by atoms with Gasteiger partial charge in [-0.05, 0) is 37.6 Å². The Morgan fingerprint density at radius 2 is 1.67 bits per heavy atom. The average molecular weight is 230 g/mol. The molecule has 1 atom stereocenters. The van der Waals surface area contributed by atoms with E-state index >= 15 is 0 Å². The van der Waals surface area contributed by atoms with Crippen LogP contribution in [0.4, 0.5) is 0 Å². The third-order valence-corrected chi connectivity index (χ3v) is 3.73. The van der Waals surface area contributed by atoms with Crippen LogP contribution in [0.25, 0.3) is 0 Å². The summed E-state index contributed by atoms with van der Waals surface area (Å²) in [5, 5.41) is 0. The molecule has 3 heteroatoms. The van der Waals surface area contributed by atoms with Gasteiger partial charge in [0.1, 0.15) is 0 Å². The van der Waals surface area contributed by atoms with Crippen molar-refractivity contribution in [2.24, 2.45) is 5.92 Å². The van der Waals surface area contributed by atoms with Crippen molar-refractivity contribution in [3.8, 4) is 0 Å². The van der Waals surface area contributed by atoms with Crippen LogP contribution < -0.4 is 0 Å². The Labute approximate surface area is 100 Å². The summed E-state index contributed by atoms with van der Waals surface area (Å²) in [5.41, 5.74) is 0. The highest BCUT2D eigenvalue weighted by molar-refractivity contribution is 7.80. The van der Waals surface area contributed by atoms with Gasteiger partial charge in [-0.1, -0.05) is 13.8 Å². The summed E-state index contributed by atoms with van der Waals surface area (Å²) in [7, 11) is 0. The van der Waals surface area contributed by atoms with Crippen LogP contribution in [0.15, 0.2) is 0 Å². The number of piperazine rings is 1. The number of nitrogens with zero attached hydrogens (tertiary/aromatic N) is 2. The molecule has 1 saturated heterocycles. The van der Waals surface area contributed by atoms with Crippen LogP contribution in [0.2, 0.25) is 0 Å². The first-order valence-corrected chi connectivity index (χ1v) is 6.95. The Kier molecular flexibility index (Phi) is 6.69. The zero-order valence-electron chi connectivity index (χ0n) is 10.3. The molecule has 1 heterocycles. The van der Waals surface area contributed by atoms with Crippen molar-refractivity contribution in [1.82, 2.24) is 9.80 Å². The fourth-order valence-corrected chi connectivity index (χ4v) is 2.54. The minimum atomic E-state index is 0.840. The zero-order valence-corrected chi connectivity index (χ0v) is 11.2. The van der Waals surface area contributed by atoms with E-state index in [2.05, 4.69) is 36.3 Å². The van der Waals surface area contributed by atoms with E-state index in [0.717, 1.165) is 11.7 Å². The second-order valence-electron chi connectivity index (χ2n) is 4.68. The van der Waals surface area contributed by atoms with E-state index in [0.29, 0.717) is 0 Å². The molecule has 0 spiro atoms. The predicted octanol–water partition coefficient (Wildman–Crippen LogP) is 1.97. The normalized spacial score (nSPS) is 21.8. The van der Waals surface area contributed by atoms with Crippen molar-refractivity contribution < 1.29 is 0 Å². The van der Waals surface area contributed by atoms with E-state index in [4.69, 9.17) is 0 Å². The molecule has 1 aliphatic rings. The first-order chi connectivity index (χ1) is 7.26. The van der Waals surface area contributed by atoms with Gasteiger partial charge in [-0.3, -0.25) is 0 Å². The average Bonchev–Trinajstić information content (AvgIpc) is 2.27. The fraction of sp³-hybridized carbons (Fsp3) is 1.00. The summed E-state index contributed by atoms with van der Waals surface area (Å²) in [6, 6.07) is 0. The van der Waals surface area contributed by atoms with Gasteiger partial charge in [0.05, 0.1) is 0 Å². The largest absolute Gasteiger partial charge is 0.301 e. The molecule has 0 radical (unpaired) electrons. The lowest BCUT2D eigenvalue weighted by Crippen LogP contribution is -2.46. The maximum absolute atomic E-state index is 4.28. The fourth-order valence-electron chi connectivity index (χ4n) is 2.10. The molecular weight excluding hydrogens is 204 g/mol. The highest BCUT2D eigenvalue weighted by atomic mass is 32.1. The Balaban J connectivity index is 2.08. The first-order valence-electron chi connectivity index (χ1n) is 6.31. The molecule has 2 nitrogen and oxygen atoms in total. The van der Waals surface area contributed by atoms with E-state index in [1.165, 1.54) is 52.1 Å². The van der Waals surface area contributed by atoms with Gasteiger partial charge in [-0.15, -0.1) is 0 Å². The summed E-state index contributed by atoms with van der Waals surface area (Å²) in [4.78, 5) is 5.15. The maximum Gasteiger partial charge on any atom is 0.0110 e. The molecule has 0 saturated carbocycles. The van der Waals surface area contributed by atoms with Crippen LogP contribution in [-0.4, -0.2) is 54.8 Å². The molecule has 0 bridgehead atoms. The molecule has 0 aromatic rings. The highest BCUT2D eigenvalue weighted by Crippen LogP contribution is 2.10. The Morgan fingerprint density at radius 3 is 2.20 bits per heavy atom. The quantitative estimate of drug-likeness (QED) is 0.697. The number of thiol groups is 1. The van der Waals surface area contributed by atoms with Crippen molar-refractivity contribution in [3.05, 3.63) is 0 Å². The highest BCUT2D eigenvalue weighted by Gasteiger charge is 2.15. The van der Waals surface area contributed by atoms with E-state index in [1.54, 1.807) is 0 Å². The summed E-state index contributed by atoms with van der Waals surface area (Å²) in [6.07, 6.45) is 2.60. The van der Waals surface area contributed by atoms with Gasteiger partial charge in [0.15, 0.2) is 0 Å². The van der Waals surface area contributed by atoms with Gasteiger partial charge in [0.2, 0.25) is 0 Å². The van der Waals surface area contributed by atoms with Crippen molar-refractivity contribution >= 4 is 12.6 Å². The van der Waals surface area contributed by atoms with E-state index in [9.17, 15) is 0 Å². The summed E-state index contributed by atoms with van der Waals surface area (Å²) >= 11 is 4.28. The summed E-state index contributed by atoms with van der Waals surface area (Å²) in [6.45, 7) is 12.1. The van der Waals surface area contributed by atoms with E-state index < -0.39 is 0 Å². The molecule has 1 rings (SSSR count). The van der Waals surface area contributed by atoms with Crippen molar-refractivity contribution in [2.45, 2.75) is 26.7 Å². The maximum atomic E-state index is 4.28. The van der Waals surface area contributed by atoms with Gasteiger partial charge < -0.3 is 9.80 Å². The van der Waals surface area contributed by atoms with Crippen LogP contribution >= 0.6 is 12.6 Å². The van der Waals surface area contributed by atoms with Crippen LogP contribution in [0.5, 0.6) is 0 Å². The second kappa shape index (κ2) is 7.53. The first kappa shape index (κ1) is 13.3. The molecule has 0 aliphatic carbocycles. The molecule has 0 aromatic carbocycles. The lowest BCUT2D eigenvalue weighted by molar-refractivity contribution is 0.132. The Hall–Kier alpha value is 0.270. The lowest BCUT2D eigenvalue weighted by Gasteiger charge is -2.34. The number of likely N-dealkylation sites (N-methyl/N-ethyl adjacent to an activating group) is 1. The van der Waals surface area contributed by atoms with Crippen LogP contribution in [0.3, 0.4) is 0 Å². The van der Waals surface area contributed by atoms with Crippen molar-refractivity contribution in [2.75, 3.05) is 45.0 Å². The minimum absolute atomic E-state index is 0.840. The number of hydrogen-bond donors (Lipinski definition) is 1. The predicted molar refractivity (Wildman–Crippen MR) is 70.8 cm³/mol. The SMILES string of the molecule is CCN1CCN(CCC(C)CCS)CC1. The molecule has 15 heavy (non-hydrogen) atoms. The molecule has 0 aromatic heterocycles. The molecule has 1 aliphatic heterocycles. The van der Waals surface area contributed by atoms with Gasteiger partial charge in [-0.25, -0.2) is 0 Å². The molecule has 0 N–H and O–H groups in total. The number of hydrogen-bond acceptors (Lipinski definition) is 3. The molecule has 0 amide bonds. The van der Waals surface area contributed by atoms with Gasteiger partial charge in [0.25, 0.3) is 0 Å². The minimum Gasteiger partial charge on any atom is -0.301 e.